The summed E-state index contributed by atoms with van der Waals surface area (Å²) in [7, 11) is 0. The van der Waals surface area contributed by atoms with E-state index in [9.17, 15) is 0 Å². The van der Waals surface area contributed by atoms with Gasteiger partial charge in [-0.05, 0) is 30.0 Å². The van der Waals surface area contributed by atoms with Crippen LogP contribution >= 0.6 is 15.9 Å². The van der Waals surface area contributed by atoms with Crippen molar-refractivity contribution in [2.45, 2.75) is 12.8 Å². The molecule has 0 saturated heterocycles. The second-order valence-electron chi connectivity index (χ2n) is 3.77. The molecule has 0 saturated carbocycles. The Hall–Kier alpha value is -1.15. The van der Waals surface area contributed by atoms with Gasteiger partial charge in [-0.1, -0.05) is 40.2 Å². The smallest absolute Gasteiger partial charge is 0.0496 e. The number of nitrogens with zero attached hydrogens (tertiary/aromatic N) is 1. The molecule has 0 bridgehead atoms. The van der Waals surface area contributed by atoms with Gasteiger partial charge in [0.25, 0.3) is 0 Å². The third-order valence-corrected chi connectivity index (χ3v) is 3.56. The van der Waals surface area contributed by atoms with Crippen LogP contribution < -0.4 is 0 Å². The van der Waals surface area contributed by atoms with Gasteiger partial charge in [-0.15, -0.1) is 0 Å². The van der Waals surface area contributed by atoms with Crippen LogP contribution in [0.2, 0.25) is 0 Å². The highest BCUT2D eigenvalue weighted by Crippen LogP contribution is 2.36. The highest BCUT2D eigenvalue weighted by Gasteiger charge is 2.18. The highest BCUT2D eigenvalue weighted by molar-refractivity contribution is 9.10. The maximum absolute atomic E-state index is 4.45. The monoisotopic (exact) mass is 259 g/mol. The Morgan fingerprint density at radius 1 is 1.07 bits per heavy atom. The average molecular weight is 260 g/mol. The molecule has 1 heterocycles. The fourth-order valence-corrected chi connectivity index (χ4v) is 2.75. The van der Waals surface area contributed by atoms with Crippen LogP contribution in [0.15, 0.2) is 41.0 Å². The summed E-state index contributed by atoms with van der Waals surface area (Å²) >= 11 is 3.61. The first-order valence-electron chi connectivity index (χ1n) is 5.08. The summed E-state index contributed by atoms with van der Waals surface area (Å²) < 4.78 is 1.15. The van der Waals surface area contributed by atoms with Crippen molar-refractivity contribution in [1.82, 2.24) is 4.98 Å². The third kappa shape index (κ3) is 1.40. The topological polar surface area (TPSA) is 12.9 Å². The zero-order valence-corrected chi connectivity index (χ0v) is 9.79. The normalized spacial score (nSPS) is 13.1. The standard InChI is InChI=1S/C13H10BrN/c14-11-7-8-15-12-6-5-9-3-1-2-4-10(9)13(11)12/h1-4,7-8H,5-6H2. The molecule has 2 heteroatoms. The zero-order chi connectivity index (χ0) is 10.3. The van der Waals surface area contributed by atoms with Crippen molar-refractivity contribution in [2.24, 2.45) is 0 Å². The molecule has 0 fully saturated rings. The van der Waals surface area contributed by atoms with E-state index in [1.54, 1.807) is 0 Å². The van der Waals surface area contributed by atoms with Crippen LogP contribution in [0.4, 0.5) is 0 Å². The second kappa shape index (κ2) is 3.46. The molecule has 0 atom stereocenters. The predicted octanol–water partition coefficient (Wildman–Crippen LogP) is 3.61. The van der Waals surface area contributed by atoms with Crippen LogP contribution in [-0.2, 0) is 12.8 Å². The zero-order valence-electron chi connectivity index (χ0n) is 8.20. The molecule has 3 rings (SSSR count). The number of hydrogen-bond donors (Lipinski definition) is 0. The van der Waals surface area contributed by atoms with Gasteiger partial charge in [-0.25, -0.2) is 0 Å². The fraction of sp³-hybridized carbons (Fsp3) is 0.154. The SMILES string of the molecule is Brc1ccnc2c1-c1ccccc1CC2. The molecular formula is C13H10BrN. The van der Waals surface area contributed by atoms with Crippen molar-refractivity contribution in [3.63, 3.8) is 0 Å². The predicted molar refractivity (Wildman–Crippen MR) is 64.8 cm³/mol. The van der Waals surface area contributed by atoms with E-state index < -0.39 is 0 Å². The average Bonchev–Trinajstić information content (AvgIpc) is 2.29. The van der Waals surface area contributed by atoms with E-state index in [1.165, 1.54) is 22.4 Å². The van der Waals surface area contributed by atoms with Gasteiger partial charge in [0.15, 0.2) is 0 Å². The molecule has 15 heavy (non-hydrogen) atoms. The quantitative estimate of drug-likeness (QED) is 0.705. The Balaban J connectivity index is 2.33. The molecule has 0 radical (unpaired) electrons. The largest absolute Gasteiger partial charge is 0.261 e. The number of rotatable bonds is 0. The van der Waals surface area contributed by atoms with Crippen molar-refractivity contribution in [3.05, 3.63) is 52.3 Å². The Morgan fingerprint density at radius 2 is 1.93 bits per heavy atom. The first-order valence-corrected chi connectivity index (χ1v) is 5.87. The van der Waals surface area contributed by atoms with Crippen LogP contribution in [0.3, 0.4) is 0 Å². The first kappa shape index (κ1) is 9.10. The Bertz CT molecular complexity index is 520. The summed E-state index contributed by atoms with van der Waals surface area (Å²) in [5, 5.41) is 0. The van der Waals surface area contributed by atoms with Gasteiger partial charge in [-0.3, -0.25) is 4.98 Å². The lowest BCUT2D eigenvalue weighted by atomic mass is 9.89. The summed E-state index contributed by atoms with van der Waals surface area (Å²) in [6, 6.07) is 10.6. The molecule has 1 aromatic heterocycles. The van der Waals surface area contributed by atoms with Gasteiger partial charge in [-0.2, -0.15) is 0 Å². The third-order valence-electron chi connectivity index (χ3n) is 2.90. The molecule has 0 amide bonds. The first-order chi connectivity index (χ1) is 7.36. The van der Waals surface area contributed by atoms with Crippen LogP contribution in [0.25, 0.3) is 11.1 Å². The molecule has 1 nitrogen and oxygen atoms in total. The number of benzene rings is 1. The lowest BCUT2D eigenvalue weighted by Crippen LogP contribution is -2.06. The Labute approximate surface area is 97.3 Å². The summed E-state index contributed by atoms with van der Waals surface area (Å²) in [4.78, 5) is 4.45. The maximum Gasteiger partial charge on any atom is 0.0496 e. The fourth-order valence-electron chi connectivity index (χ4n) is 2.19. The second-order valence-corrected chi connectivity index (χ2v) is 4.63. The van der Waals surface area contributed by atoms with Gasteiger partial charge in [0.1, 0.15) is 0 Å². The Kier molecular flexibility index (Phi) is 2.10. The summed E-state index contributed by atoms with van der Waals surface area (Å²) in [6.45, 7) is 0. The van der Waals surface area contributed by atoms with Crippen molar-refractivity contribution >= 4 is 15.9 Å². The van der Waals surface area contributed by atoms with E-state index in [1.807, 2.05) is 12.3 Å². The molecule has 0 aliphatic heterocycles. The summed E-state index contributed by atoms with van der Waals surface area (Å²) in [6.07, 6.45) is 4.02. The number of halogens is 1. The minimum Gasteiger partial charge on any atom is -0.261 e. The van der Waals surface area contributed by atoms with Gasteiger partial charge < -0.3 is 0 Å². The van der Waals surface area contributed by atoms with E-state index >= 15 is 0 Å². The molecule has 2 aromatic rings. The van der Waals surface area contributed by atoms with Crippen molar-refractivity contribution < 1.29 is 0 Å². The van der Waals surface area contributed by atoms with Crippen molar-refractivity contribution in [2.75, 3.05) is 0 Å². The van der Waals surface area contributed by atoms with E-state index in [2.05, 4.69) is 45.2 Å². The summed E-state index contributed by atoms with van der Waals surface area (Å²) in [5.41, 5.74) is 5.25. The molecule has 0 N–H and O–H groups in total. The molecule has 1 aliphatic rings. The number of aromatic nitrogens is 1. The minimum absolute atomic E-state index is 1.05. The van der Waals surface area contributed by atoms with E-state index in [-0.39, 0.29) is 0 Å². The van der Waals surface area contributed by atoms with Crippen LogP contribution in [0.5, 0.6) is 0 Å². The molecule has 0 unspecified atom stereocenters. The number of fused-ring (bicyclic) bond motifs is 3. The van der Waals surface area contributed by atoms with Crippen molar-refractivity contribution in [1.29, 1.82) is 0 Å². The van der Waals surface area contributed by atoms with Crippen LogP contribution in [-0.4, -0.2) is 4.98 Å². The van der Waals surface area contributed by atoms with Crippen molar-refractivity contribution in [3.8, 4) is 11.1 Å². The molecule has 74 valence electrons. The molecule has 0 spiro atoms. The van der Waals surface area contributed by atoms with Gasteiger partial charge in [0.2, 0.25) is 0 Å². The highest BCUT2D eigenvalue weighted by atomic mass is 79.9. The van der Waals surface area contributed by atoms with Crippen LogP contribution in [0, 0.1) is 0 Å². The number of pyridine rings is 1. The number of aryl methyl sites for hydroxylation is 2. The number of hydrogen-bond acceptors (Lipinski definition) is 1. The van der Waals surface area contributed by atoms with Gasteiger partial charge >= 0.3 is 0 Å². The van der Waals surface area contributed by atoms with E-state index in [4.69, 9.17) is 0 Å². The van der Waals surface area contributed by atoms with Gasteiger partial charge in [0.05, 0.1) is 0 Å². The molecule has 1 aromatic carbocycles. The van der Waals surface area contributed by atoms with Crippen LogP contribution in [0.1, 0.15) is 11.3 Å². The van der Waals surface area contributed by atoms with Gasteiger partial charge in [0, 0.05) is 21.9 Å². The molecular weight excluding hydrogens is 250 g/mol. The lowest BCUT2D eigenvalue weighted by Gasteiger charge is -2.19. The Morgan fingerprint density at radius 3 is 2.87 bits per heavy atom. The minimum atomic E-state index is 1.05. The maximum atomic E-state index is 4.45. The molecule has 1 aliphatic carbocycles. The van der Waals surface area contributed by atoms with E-state index in [0.717, 1.165) is 17.3 Å². The van der Waals surface area contributed by atoms with E-state index in [0.29, 0.717) is 0 Å². The lowest BCUT2D eigenvalue weighted by molar-refractivity contribution is 0.894. The summed E-state index contributed by atoms with van der Waals surface area (Å²) in [5.74, 6) is 0.